The summed E-state index contributed by atoms with van der Waals surface area (Å²) < 4.78 is 11.9. The molecule has 11 heteroatoms. The summed E-state index contributed by atoms with van der Waals surface area (Å²) >= 11 is 0. The predicted molar refractivity (Wildman–Crippen MR) is 80.5 cm³/mol. The van der Waals surface area contributed by atoms with Gasteiger partial charge in [0.2, 0.25) is 6.20 Å². The van der Waals surface area contributed by atoms with E-state index in [1.54, 1.807) is 7.05 Å². The first kappa shape index (κ1) is 16.3. The predicted octanol–water partition coefficient (Wildman–Crippen LogP) is -0.766. The van der Waals surface area contributed by atoms with Crippen LogP contribution in [0.5, 0.6) is 0 Å². The Bertz CT molecular complexity index is 653. The van der Waals surface area contributed by atoms with E-state index in [1.165, 1.54) is 22.0 Å². The molecule has 1 aromatic rings. The number of H-pyrrole nitrogens is 1. The van der Waals surface area contributed by atoms with E-state index in [-0.39, 0.29) is 11.9 Å². The van der Waals surface area contributed by atoms with E-state index in [1.807, 2.05) is 0 Å². The van der Waals surface area contributed by atoms with E-state index >= 15 is 0 Å². The molecule has 0 bridgehead atoms. The number of hydrazone groups is 1. The van der Waals surface area contributed by atoms with Crippen molar-refractivity contribution >= 4 is 18.1 Å². The number of morpholine rings is 1. The van der Waals surface area contributed by atoms with Crippen molar-refractivity contribution < 1.29 is 23.8 Å². The number of nitro groups is 1. The minimum atomic E-state index is -0.520. The highest BCUT2D eigenvalue weighted by atomic mass is 16.6. The molecule has 1 atom stereocenters. The number of rotatable bonds is 5. The average molecular weight is 339 g/mol. The van der Waals surface area contributed by atoms with Gasteiger partial charge in [-0.3, -0.25) is 4.90 Å². The summed E-state index contributed by atoms with van der Waals surface area (Å²) in [6.07, 6.45) is 1.86. The first-order valence-electron chi connectivity index (χ1n) is 7.58. The van der Waals surface area contributed by atoms with Gasteiger partial charge in [0, 0.05) is 24.6 Å². The summed E-state index contributed by atoms with van der Waals surface area (Å²) in [4.78, 5) is 27.1. The molecule has 2 saturated heterocycles. The molecule has 1 aromatic heterocycles. The number of nitrogens with one attached hydrogen (secondary N) is 1. The van der Waals surface area contributed by atoms with Crippen LogP contribution in [-0.2, 0) is 16.5 Å². The lowest BCUT2D eigenvalue weighted by Crippen LogP contribution is -2.41. The van der Waals surface area contributed by atoms with Crippen molar-refractivity contribution in [3.63, 3.8) is 0 Å². The van der Waals surface area contributed by atoms with E-state index in [2.05, 4.69) is 15.0 Å². The maximum absolute atomic E-state index is 11.9. The Kier molecular flexibility index (Phi) is 4.71. The molecule has 0 radical (unpaired) electrons. The van der Waals surface area contributed by atoms with Gasteiger partial charge in [0.1, 0.15) is 13.2 Å². The Labute approximate surface area is 137 Å². The van der Waals surface area contributed by atoms with Crippen LogP contribution < -0.4 is 4.57 Å². The minimum Gasteiger partial charge on any atom is -0.441 e. The van der Waals surface area contributed by atoms with Gasteiger partial charge in [-0.2, -0.15) is 10.1 Å². The zero-order valence-electron chi connectivity index (χ0n) is 13.3. The Morgan fingerprint density at radius 2 is 2.29 bits per heavy atom. The first-order valence-corrected chi connectivity index (χ1v) is 7.58. The molecular weight excluding hydrogens is 320 g/mol. The number of ether oxygens (including phenoxy) is 2. The van der Waals surface area contributed by atoms with Gasteiger partial charge in [-0.1, -0.05) is 0 Å². The minimum absolute atomic E-state index is 0.0920. The maximum Gasteiger partial charge on any atom is 0.434 e. The van der Waals surface area contributed by atoms with Crippen molar-refractivity contribution in [3.05, 3.63) is 22.1 Å². The molecule has 2 aliphatic heterocycles. The molecule has 0 saturated carbocycles. The summed E-state index contributed by atoms with van der Waals surface area (Å²) in [5, 5.41) is 16.1. The van der Waals surface area contributed by atoms with Crippen LogP contribution in [0.3, 0.4) is 0 Å². The second kappa shape index (κ2) is 6.93. The molecule has 11 nitrogen and oxygen atoms in total. The second-order valence-corrected chi connectivity index (χ2v) is 5.59. The second-order valence-electron chi connectivity index (χ2n) is 5.59. The number of hydrogen-bond acceptors (Lipinski definition) is 7. The topological polar surface area (TPSA) is 117 Å². The molecule has 24 heavy (non-hydrogen) atoms. The summed E-state index contributed by atoms with van der Waals surface area (Å²) in [5.41, 5.74) is 0. The molecule has 2 fully saturated rings. The molecule has 1 amide bonds. The number of hydrogen-bond donors (Lipinski definition) is 1. The van der Waals surface area contributed by atoms with Gasteiger partial charge in [0.15, 0.2) is 6.21 Å². The number of amides is 1. The van der Waals surface area contributed by atoms with Crippen molar-refractivity contribution in [3.8, 4) is 0 Å². The molecule has 0 spiro atoms. The zero-order chi connectivity index (χ0) is 17.1. The number of cyclic esters (lactones) is 1. The summed E-state index contributed by atoms with van der Waals surface area (Å²) in [5.74, 6) is 0.316. The fourth-order valence-electron chi connectivity index (χ4n) is 2.65. The SMILES string of the molecule is C[n+]1c([N+](=O)[O-])c[nH]c1C=NN1CC(CN2CCOCC2)OC1=O. The van der Waals surface area contributed by atoms with Crippen LogP contribution in [0.4, 0.5) is 10.6 Å². The third-order valence-corrected chi connectivity index (χ3v) is 3.98. The van der Waals surface area contributed by atoms with Gasteiger partial charge in [-0.05, 0) is 0 Å². The third-order valence-electron chi connectivity index (χ3n) is 3.98. The van der Waals surface area contributed by atoms with Gasteiger partial charge in [-0.25, -0.2) is 9.78 Å². The van der Waals surface area contributed by atoms with Crippen LogP contribution in [0, 0.1) is 10.1 Å². The Balaban J connectivity index is 1.59. The van der Waals surface area contributed by atoms with E-state index in [9.17, 15) is 14.9 Å². The Morgan fingerprint density at radius 1 is 1.54 bits per heavy atom. The normalized spacial score (nSPS) is 22.3. The zero-order valence-corrected chi connectivity index (χ0v) is 13.3. The number of aromatic nitrogens is 2. The van der Waals surface area contributed by atoms with E-state index in [0.29, 0.717) is 32.1 Å². The van der Waals surface area contributed by atoms with Crippen LogP contribution in [0.1, 0.15) is 5.82 Å². The lowest BCUT2D eigenvalue weighted by molar-refractivity contribution is -0.714. The highest BCUT2D eigenvalue weighted by molar-refractivity contribution is 5.76. The summed E-state index contributed by atoms with van der Waals surface area (Å²) in [7, 11) is 1.54. The van der Waals surface area contributed by atoms with Crippen molar-refractivity contribution in [2.24, 2.45) is 12.1 Å². The molecule has 3 heterocycles. The number of nitrogens with zero attached hydrogens (tertiary/aromatic N) is 5. The number of aromatic amines is 1. The first-order chi connectivity index (χ1) is 11.5. The summed E-state index contributed by atoms with van der Waals surface area (Å²) in [6.45, 7) is 4.00. The molecule has 0 aromatic carbocycles. The Morgan fingerprint density at radius 3 is 2.96 bits per heavy atom. The third kappa shape index (κ3) is 3.51. The highest BCUT2D eigenvalue weighted by Gasteiger charge is 2.33. The number of imidazole rings is 1. The average Bonchev–Trinajstić information content (AvgIpc) is 3.09. The fraction of sp³-hybridized carbons (Fsp3) is 0.615. The number of carbonyl (C=O) groups excluding carboxylic acids is 1. The monoisotopic (exact) mass is 339 g/mol. The van der Waals surface area contributed by atoms with Crippen molar-refractivity contribution in [1.82, 2.24) is 14.9 Å². The van der Waals surface area contributed by atoms with Crippen LogP contribution in [0.2, 0.25) is 0 Å². The molecule has 2 aliphatic rings. The standard InChI is InChI=1S/C13H18N6O5/c1-16-11(14-7-12(16)19(21)22)6-15-18-9-10(24-13(18)20)8-17-2-4-23-5-3-17/h6-7,10H,2-5,8-9H2,1H3/p+1. The van der Waals surface area contributed by atoms with Gasteiger partial charge in [0.25, 0.3) is 0 Å². The maximum atomic E-state index is 11.9. The molecule has 1 unspecified atom stereocenters. The smallest absolute Gasteiger partial charge is 0.434 e. The van der Waals surface area contributed by atoms with Crippen LogP contribution >= 0.6 is 0 Å². The fourth-order valence-corrected chi connectivity index (χ4v) is 2.65. The van der Waals surface area contributed by atoms with Crippen LogP contribution in [0.25, 0.3) is 0 Å². The van der Waals surface area contributed by atoms with E-state index < -0.39 is 11.0 Å². The molecule has 1 N–H and O–H groups in total. The van der Waals surface area contributed by atoms with E-state index in [4.69, 9.17) is 9.47 Å². The van der Waals surface area contributed by atoms with Gasteiger partial charge in [0.05, 0.1) is 19.8 Å². The van der Waals surface area contributed by atoms with Crippen molar-refractivity contribution in [2.45, 2.75) is 6.10 Å². The molecule has 0 aliphatic carbocycles. The largest absolute Gasteiger partial charge is 0.441 e. The van der Waals surface area contributed by atoms with Gasteiger partial charge >= 0.3 is 17.7 Å². The quantitative estimate of drug-likeness (QED) is 0.326. The molecule has 3 rings (SSSR count). The van der Waals surface area contributed by atoms with Crippen molar-refractivity contribution in [2.75, 3.05) is 39.4 Å². The lowest BCUT2D eigenvalue weighted by Gasteiger charge is -2.27. The Hall–Kier alpha value is -2.53. The number of carbonyl (C=O) groups is 1. The lowest BCUT2D eigenvalue weighted by atomic mass is 10.3. The molecule has 130 valence electrons. The van der Waals surface area contributed by atoms with Gasteiger partial charge in [-0.15, -0.1) is 4.57 Å². The highest BCUT2D eigenvalue weighted by Crippen LogP contribution is 2.13. The van der Waals surface area contributed by atoms with Crippen LogP contribution in [-0.4, -0.2) is 77.6 Å². The van der Waals surface area contributed by atoms with E-state index in [0.717, 1.165) is 13.1 Å². The summed E-state index contributed by atoms with van der Waals surface area (Å²) in [6, 6.07) is 0. The van der Waals surface area contributed by atoms with Gasteiger partial charge < -0.3 is 19.6 Å². The van der Waals surface area contributed by atoms with Crippen LogP contribution in [0.15, 0.2) is 11.3 Å². The van der Waals surface area contributed by atoms with Crippen molar-refractivity contribution in [1.29, 1.82) is 0 Å². The molecular formula is C13H19N6O5+.